The Morgan fingerprint density at radius 1 is 1.47 bits per heavy atom. The molecule has 1 aliphatic heterocycles. The molecule has 6 nitrogen and oxygen atoms in total. The molecule has 7 heteroatoms. The minimum absolute atomic E-state index is 0.211. The Hall–Kier alpha value is -1.89. The molecule has 1 saturated heterocycles. The largest absolute Gasteiger partial charge is 0.347 e. The Morgan fingerprint density at radius 2 is 2.21 bits per heavy atom. The van der Waals surface area contributed by atoms with E-state index in [9.17, 15) is 4.79 Å². The second kappa shape index (κ2) is 6.33. The average molecular weight is 277 g/mol. The summed E-state index contributed by atoms with van der Waals surface area (Å²) in [5.74, 6) is -0.211. The summed E-state index contributed by atoms with van der Waals surface area (Å²) in [6, 6.07) is 0. The molecule has 0 aliphatic carbocycles. The van der Waals surface area contributed by atoms with Gasteiger partial charge in [-0.15, -0.1) is 0 Å². The molecule has 1 aromatic heterocycles. The van der Waals surface area contributed by atoms with Crippen molar-refractivity contribution >= 4 is 29.5 Å². The van der Waals surface area contributed by atoms with E-state index in [0.29, 0.717) is 10.8 Å². The van der Waals surface area contributed by atoms with Crippen LogP contribution in [0.4, 0.5) is 0 Å². The van der Waals surface area contributed by atoms with Gasteiger partial charge in [0, 0.05) is 32.4 Å². The quantitative estimate of drug-likeness (QED) is 0.459. The zero-order valence-corrected chi connectivity index (χ0v) is 11.5. The molecule has 1 aliphatic rings. The average Bonchev–Trinajstić information content (AvgIpc) is 2.93. The monoisotopic (exact) mass is 277 g/mol. The van der Waals surface area contributed by atoms with Gasteiger partial charge in [-0.05, 0) is 25.1 Å². The molecule has 1 amide bonds. The van der Waals surface area contributed by atoms with Gasteiger partial charge in [0.15, 0.2) is 5.11 Å². The van der Waals surface area contributed by atoms with Gasteiger partial charge in [0.05, 0.1) is 12.4 Å². The van der Waals surface area contributed by atoms with E-state index in [4.69, 9.17) is 12.2 Å². The van der Waals surface area contributed by atoms with Gasteiger partial charge < -0.3 is 4.90 Å². The number of carbonyl (C=O) groups excluding carboxylic acids is 1. The van der Waals surface area contributed by atoms with Crippen LogP contribution in [0.15, 0.2) is 23.7 Å². The molecule has 0 aromatic carbocycles. The normalized spacial score (nSPS) is 14.9. The molecule has 19 heavy (non-hydrogen) atoms. The van der Waals surface area contributed by atoms with Crippen LogP contribution in [-0.2, 0) is 4.79 Å². The predicted octanol–water partition coefficient (Wildman–Crippen LogP) is 1.04. The lowest BCUT2D eigenvalue weighted by molar-refractivity contribution is -0.125. The molecule has 100 valence electrons. The predicted molar refractivity (Wildman–Crippen MR) is 75.6 cm³/mol. The summed E-state index contributed by atoms with van der Waals surface area (Å²) in [4.78, 5) is 21.6. The molecule has 2 heterocycles. The summed E-state index contributed by atoms with van der Waals surface area (Å²) < 4.78 is 0. The highest BCUT2D eigenvalue weighted by Crippen LogP contribution is 2.11. The molecule has 2 rings (SSSR count). The third-order valence-corrected chi connectivity index (χ3v) is 3.18. The third kappa shape index (κ3) is 3.54. The van der Waals surface area contributed by atoms with E-state index >= 15 is 0 Å². The van der Waals surface area contributed by atoms with E-state index in [1.54, 1.807) is 18.6 Å². The Bertz CT molecular complexity index is 484. The number of hydrazone groups is 1. The van der Waals surface area contributed by atoms with Crippen LogP contribution in [-0.4, -0.2) is 50.2 Å². The van der Waals surface area contributed by atoms with Crippen molar-refractivity contribution in [3.8, 4) is 0 Å². The van der Waals surface area contributed by atoms with Crippen LogP contribution in [0.5, 0.6) is 0 Å². The molecule has 0 saturated carbocycles. The lowest BCUT2D eigenvalue weighted by atomic mass is 10.4. The first kappa shape index (κ1) is 13.5. The summed E-state index contributed by atoms with van der Waals surface area (Å²) in [6.07, 6.45) is 8.39. The van der Waals surface area contributed by atoms with Gasteiger partial charge in [-0.25, -0.2) is 0 Å². The fraction of sp³-hybridized carbons (Fsp3) is 0.417. The molecular weight excluding hydrogens is 262 g/mol. The molecule has 0 unspecified atom stereocenters. The van der Waals surface area contributed by atoms with Gasteiger partial charge in [0.2, 0.25) is 5.91 Å². The van der Waals surface area contributed by atoms with E-state index in [-0.39, 0.29) is 5.91 Å². The number of thiocarbonyl (C=S) groups is 1. The smallest absolute Gasteiger partial charge is 0.246 e. The van der Waals surface area contributed by atoms with Crippen molar-refractivity contribution in [1.82, 2.24) is 19.9 Å². The van der Waals surface area contributed by atoms with Gasteiger partial charge >= 0.3 is 0 Å². The second-order valence-corrected chi connectivity index (χ2v) is 4.55. The Balaban J connectivity index is 2.10. The second-order valence-electron chi connectivity index (χ2n) is 4.18. The van der Waals surface area contributed by atoms with Crippen molar-refractivity contribution in [3.05, 3.63) is 24.3 Å². The maximum atomic E-state index is 11.6. The maximum absolute atomic E-state index is 11.6. The van der Waals surface area contributed by atoms with E-state index in [0.717, 1.165) is 25.9 Å². The van der Waals surface area contributed by atoms with Crippen molar-refractivity contribution in [2.45, 2.75) is 19.8 Å². The molecule has 0 spiro atoms. The number of nitrogens with zero attached hydrogens (tertiary/aromatic N) is 5. The first-order valence-electron chi connectivity index (χ1n) is 6.08. The molecular formula is C12H15N5OS. The summed E-state index contributed by atoms with van der Waals surface area (Å²) >= 11 is 5.31. The lowest BCUT2D eigenvalue weighted by Gasteiger charge is -2.24. The number of rotatable bonds is 2. The SMILES string of the molecule is CC(=O)N(/N=C/c1cnccn1)C(=S)N1CCCC1. The van der Waals surface area contributed by atoms with Crippen LogP contribution in [0.25, 0.3) is 0 Å². The van der Waals surface area contributed by atoms with Gasteiger partial charge in [0.1, 0.15) is 5.69 Å². The summed E-state index contributed by atoms with van der Waals surface area (Å²) in [6.45, 7) is 3.20. The molecule has 0 bridgehead atoms. The van der Waals surface area contributed by atoms with Crippen molar-refractivity contribution in [2.75, 3.05) is 13.1 Å². The highest BCUT2D eigenvalue weighted by atomic mass is 32.1. The number of amides is 1. The standard InChI is InChI=1S/C12H15N5OS/c1-10(18)17(12(19)16-6-2-3-7-16)15-9-11-8-13-4-5-14-11/h4-5,8-9H,2-3,6-7H2,1H3/b15-9+. The Labute approximate surface area is 117 Å². The lowest BCUT2D eigenvalue weighted by Crippen LogP contribution is -2.41. The van der Waals surface area contributed by atoms with E-state index in [1.165, 1.54) is 18.1 Å². The van der Waals surface area contributed by atoms with Gasteiger partial charge in [-0.1, -0.05) is 0 Å². The number of aromatic nitrogens is 2. The van der Waals surface area contributed by atoms with Crippen LogP contribution in [0.3, 0.4) is 0 Å². The van der Waals surface area contributed by atoms with Crippen LogP contribution in [0.2, 0.25) is 0 Å². The minimum atomic E-state index is -0.211. The highest BCUT2D eigenvalue weighted by Gasteiger charge is 2.22. The summed E-state index contributed by atoms with van der Waals surface area (Å²) in [7, 11) is 0. The fourth-order valence-corrected chi connectivity index (χ4v) is 2.16. The first-order valence-corrected chi connectivity index (χ1v) is 6.49. The highest BCUT2D eigenvalue weighted by molar-refractivity contribution is 7.80. The van der Waals surface area contributed by atoms with E-state index < -0.39 is 0 Å². The van der Waals surface area contributed by atoms with Gasteiger partial charge in [-0.2, -0.15) is 10.1 Å². The zero-order chi connectivity index (χ0) is 13.7. The van der Waals surface area contributed by atoms with Crippen LogP contribution < -0.4 is 0 Å². The van der Waals surface area contributed by atoms with Gasteiger partial charge in [-0.3, -0.25) is 14.8 Å². The number of hydrogen-bond acceptors (Lipinski definition) is 5. The van der Waals surface area contributed by atoms with Crippen LogP contribution >= 0.6 is 12.2 Å². The van der Waals surface area contributed by atoms with E-state index in [2.05, 4.69) is 15.1 Å². The maximum Gasteiger partial charge on any atom is 0.246 e. The zero-order valence-electron chi connectivity index (χ0n) is 10.7. The van der Waals surface area contributed by atoms with Crippen molar-refractivity contribution < 1.29 is 4.79 Å². The topological polar surface area (TPSA) is 61.7 Å². The van der Waals surface area contributed by atoms with Crippen LogP contribution in [0, 0.1) is 0 Å². The number of likely N-dealkylation sites (tertiary alicyclic amines) is 1. The molecule has 0 atom stereocenters. The number of hydrogen-bond donors (Lipinski definition) is 0. The molecule has 1 fully saturated rings. The van der Waals surface area contributed by atoms with E-state index in [1.807, 2.05) is 4.90 Å². The molecule has 1 aromatic rings. The molecule has 0 radical (unpaired) electrons. The fourth-order valence-electron chi connectivity index (χ4n) is 1.80. The number of carbonyl (C=O) groups is 1. The summed E-state index contributed by atoms with van der Waals surface area (Å²) in [5.41, 5.74) is 0.581. The van der Waals surface area contributed by atoms with Crippen molar-refractivity contribution in [1.29, 1.82) is 0 Å². The minimum Gasteiger partial charge on any atom is -0.347 e. The first-order chi connectivity index (χ1) is 9.18. The summed E-state index contributed by atoms with van der Waals surface area (Å²) in [5, 5.41) is 5.79. The van der Waals surface area contributed by atoms with Crippen molar-refractivity contribution in [2.24, 2.45) is 5.10 Å². The van der Waals surface area contributed by atoms with Crippen molar-refractivity contribution in [3.63, 3.8) is 0 Å². The Kier molecular flexibility index (Phi) is 4.51. The van der Waals surface area contributed by atoms with Crippen LogP contribution in [0.1, 0.15) is 25.5 Å². The van der Waals surface area contributed by atoms with Gasteiger partial charge in [0.25, 0.3) is 0 Å². The Morgan fingerprint density at radius 3 is 2.79 bits per heavy atom. The molecule has 0 N–H and O–H groups in total. The third-order valence-electron chi connectivity index (χ3n) is 2.74.